The first-order valence-electron chi connectivity index (χ1n) is 20.5. The molecule has 0 bridgehead atoms. The standard InChI is InChI=1S/C47H73NO5/c1-15-17-21-35(43(51)31(4)25-27-36(49)28-37(39(50)16-2)34-22-19-18-20-23-34)26-24-30(3)42-41-38(47(41,13)14)29-48(42)44(52)40(45(7,8)9)32(5)33(6)53-46(10,11)12/h19,22-23,33,35,37-38,40-42H,3-5,15-18,20-21,24-29H2,1-2,6-14H3. The minimum absolute atomic E-state index is 0.00712. The fraction of sp³-hybridized carbons (Fsp3) is 0.702. The van der Waals surface area contributed by atoms with Gasteiger partial charge in [0.2, 0.25) is 5.91 Å². The number of carbonyl (C=O) groups excluding carboxylic acids is 4. The summed E-state index contributed by atoms with van der Waals surface area (Å²) in [6.07, 6.45) is 12.7. The van der Waals surface area contributed by atoms with Crippen LogP contribution in [-0.4, -0.2) is 52.4 Å². The van der Waals surface area contributed by atoms with Crippen LogP contribution in [0, 0.1) is 40.4 Å². The van der Waals surface area contributed by atoms with Crippen molar-refractivity contribution in [1.82, 2.24) is 4.90 Å². The molecule has 296 valence electrons. The molecule has 6 heteroatoms. The smallest absolute Gasteiger partial charge is 0.230 e. The Morgan fingerprint density at radius 3 is 2.17 bits per heavy atom. The molecule has 0 aromatic carbocycles. The van der Waals surface area contributed by atoms with Gasteiger partial charge in [0.25, 0.3) is 0 Å². The third-order valence-electron chi connectivity index (χ3n) is 12.2. The summed E-state index contributed by atoms with van der Waals surface area (Å²) in [5, 5.41) is 0. The molecule has 0 aromatic rings. The van der Waals surface area contributed by atoms with Crippen LogP contribution in [-0.2, 0) is 23.9 Å². The zero-order valence-corrected chi connectivity index (χ0v) is 35.4. The normalized spacial score (nSPS) is 23.0. The quantitative estimate of drug-likeness (QED) is 0.0867. The van der Waals surface area contributed by atoms with Crippen LogP contribution in [0.2, 0.25) is 0 Å². The molecule has 0 N–H and O–H groups in total. The van der Waals surface area contributed by atoms with Crippen LogP contribution < -0.4 is 0 Å². The highest BCUT2D eigenvalue weighted by Gasteiger charge is 2.68. The minimum Gasteiger partial charge on any atom is -0.369 e. The molecule has 53 heavy (non-hydrogen) atoms. The van der Waals surface area contributed by atoms with Gasteiger partial charge < -0.3 is 9.64 Å². The van der Waals surface area contributed by atoms with Crippen molar-refractivity contribution in [2.75, 3.05) is 6.54 Å². The zero-order chi connectivity index (χ0) is 40.1. The van der Waals surface area contributed by atoms with Crippen LogP contribution in [0.25, 0.3) is 0 Å². The van der Waals surface area contributed by atoms with Crippen molar-refractivity contribution >= 4 is 23.3 Å². The van der Waals surface area contributed by atoms with Gasteiger partial charge in [0, 0.05) is 37.6 Å². The van der Waals surface area contributed by atoms with Crippen molar-refractivity contribution in [3.05, 3.63) is 60.3 Å². The first-order valence-corrected chi connectivity index (χ1v) is 20.5. The van der Waals surface area contributed by atoms with Crippen molar-refractivity contribution in [2.24, 2.45) is 40.4 Å². The predicted octanol–water partition coefficient (Wildman–Crippen LogP) is 10.8. The van der Waals surface area contributed by atoms with Gasteiger partial charge in [-0.05, 0) is 106 Å². The number of nitrogens with zero attached hydrogens (tertiary/aromatic N) is 1. The van der Waals surface area contributed by atoms with Crippen molar-refractivity contribution in [2.45, 2.75) is 165 Å². The van der Waals surface area contributed by atoms with Gasteiger partial charge in [0.05, 0.1) is 23.7 Å². The van der Waals surface area contributed by atoms with Crippen LogP contribution in [0.1, 0.15) is 147 Å². The molecule has 1 aliphatic heterocycles. The number of ketones is 3. The number of Topliss-reactive ketones (excluding diaryl/α,β-unsaturated/α-hetero) is 3. The largest absolute Gasteiger partial charge is 0.369 e. The Bertz CT molecular complexity index is 1460. The van der Waals surface area contributed by atoms with E-state index < -0.39 is 11.8 Å². The van der Waals surface area contributed by atoms with Gasteiger partial charge >= 0.3 is 0 Å². The number of fused-ring (bicyclic) bond motifs is 1. The molecule has 3 rings (SSSR count). The van der Waals surface area contributed by atoms with E-state index in [1.807, 2.05) is 40.7 Å². The van der Waals surface area contributed by atoms with Gasteiger partial charge in [-0.1, -0.05) is 105 Å². The average molecular weight is 732 g/mol. The molecule has 7 unspecified atom stereocenters. The highest BCUT2D eigenvalue weighted by molar-refractivity contribution is 5.97. The highest BCUT2D eigenvalue weighted by Crippen LogP contribution is 2.66. The van der Waals surface area contributed by atoms with Crippen LogP contribution in [0.4, 0.5) is 0 Å². The molecular formula is C47H73NO5. The fourth-order valence-electron chi connectivity index (χ4n) is 9.03. The van der Waals surface area contributed by atoms with E-state index in [0.29, 0.717) is 49.6 Å². The first kappa shape index (κ1) is 44.5. The second kappa shape index (κ2) is 18.2. The van der Waals surface area contributed by atoms with Crippen LogP contribution in [0.3, 0.4) is 0 Å². The number of hydrogen-bond donors (Lipinski definition) is 0. The van der Waals surface area contributed by atoms with Crippen LogP contribution in [0.5, 0.6) is 0 Å². The molecule has 6 nitrogen and oxygen atoms in total. The molecular weight excluding hydrogens is 659 g/mol. The zero-order valence-electron chi connectivity index (χ0n) is 35.4. The maximum absolute atomic E-state index is 14.7. The molecule has 7 atom stereocenters. The van der Waals surface area contributed by atoms with E-state index in [0.717, 1.165) is 48.8 Å². The molecule has 3 aliphatic rings. The SMILES string of the molecule is C=C(CCC(=O)CC(C(=O)CC)C1=CCCC=C1)C(=O)C(CCCC)CCC(=C)C1C2C(CN1C(=O)C(C(=C)C(C)OC(C)(C)C)C(C)(C)C)C2(C)C. The van der Waals surface area contributed by atoms with E-state index in [4.69, 9.17) is 4.74 Å². The summed E-state index contributed by atoms with van der Waals surface area (Å²) in [5.41, 5.74) is 2.66. The molecule has 0 spiro atoms. The highest BCUT2D eigenvalue weighted by atomic mass is 16.5. The summed E-state index contributed by atoms with van der Waals surface area (Å²) >= 11 is 0. The van der Waals surface area contributed by atoms with Gasteiger partial charge in [-0.15, -0.1) is 0 Å². The lowest BCUT2D eigenvalue weighted by Crippen LogP contribution is -2.49. The van der Waals surface area contributed by atoms with Crippen molar-refractivity contribution < 1.29 is 23.9 Å². The number of carbonyl (C=O) groups is 4. The Labute approximate surface area is 323 Å². The van der Waals surface area contributed by atoms with E-state index in [2.05, 4.69) is 78.3 Å². The first-order chi connectivity index (χ1) is 24.6. The summed E-state index contributed by atoms with van der Waals surface area (Å²) < 4.78 is 6.29. The Kier molecular flexibility index (Phi) is 15.3. The number of ether oxygens (including phenoxy) is 1. The molecule has 2 aliphatic carbocycles. The maximum atomic E-state index is 14.7. The fourth-order valence-corrected chi connectivity index (χ4v) is 9.03. The van der Waals surface area contributed by atoms with Gasteiger partial charge in [-0.2, -0.15) is 0 Å². The summed E-state index contributed by atoms with van der Waals surface area (Å²) in [4.78, 5) is 56.6. The maximum Gasteiger partial charge on any atom is 0.230 e. The van der Waals surface area contributed by atoms with Gasteiger partial charge in [0.15, 0.2) is 5.78 Å². The summed E-state index contributed by atoms with van der Waals surface area (Å²) in [5.74, 6) is -0.0893. The predicted molar refractivity (Wildman–Crippen MR) is 218 cm³/mol. The average Bonchev–Trinajstić information content (AvgIpc) is 3.38. The Morgan fingerprint density at radius 2 is 1.62 bits per heavy atom. The minimum atomic E-state index is -0.411. The Morgan fingerprint density at radius 1 is 0.962 bits per heavy atom. The summed E-state index contributed by atoms with van der Waals surface area (Å²) in [6.45, 7) is 36.9. The number of unbranched alkanes of at least 4 members (excludes halogenated alkanes) is 1. The number of amides is 1. The lowest BCUT2D eigenvalue weighted by molar-refractivity contribution is -0.140. The van der Waals surface area contributed by atoms with Crippen LogP contribution in [0.15, 0.2) is 60.3 Å². The van der Waals surface area contributed by atoms with E-state index in [1.165, 1.54) is 0 Å². The topological polar surface area (TPSA) is 80.8 Å². The second-order valence-electron chi connectivity index (χ2n) is 18.9. The van der Waals surface area contributed by atoms with E-state index in [9.17, 15) is 19.2 Å². The molecule has 0 radical (unpaired) electrons. The second-order valence-corrected chi connectivity index (χ2v) is 18.9. The third-order valence-corrected chi connectivity index (χ3v) is 12.2. The molecule has 1 saturated carbocycles. The van der Waals surface area contributed by atoms with Crippen molar-refractivity contribution in [1.29, 1.82) is 0 Å². The molecule has 1 saturated heterocycles. The Balaban J connectivity index is 1.71. The van der Waals surface area contributed by atoms with E-state index in [1.54, 1.807) is 0 Å². The van der Waals surface area contributed by atoms with Gasteiger partial charge in [-0.25, -0.2) is 0 Å². The monoisotopic (exact) mass is 732 g/mol. The number of rotatable bonds is 21. The van der Waals surface area contributed by atoms with Crippen molar-refractivity contribution in [3.8, 4) is 0 Å². The van der Waals surface area contributed by atoms with Gasteiger partial charge in [0.1, 0.15) is 11.6 Å². The van der Waals surface area contributed by atoms with E-state index >= 15 is 0 Å². The molecule has 2 fully saturated rings. The molecule has 1 heterocycles. The van der Waals surface area contributed by atoms with Crippen LogP contribution >= 0.6 is 0 Å². The number of piperidine rings is 1. The molecule has 0 aromatic heterocycles. The number of allylic oxidation sites excluding steroid dienone is 5. The number of hydrogen-bond acceptors (Lipinski definition) is 5. The van der Waals surface area contributed by atoms with Crippen molar-refractivity contribution in [3.63, 3.8) is 0 Å². The lowest BCUT2D eigenvalue weighted by atomic mass is 9.73. The molecule has 1 amide bonds. The lowest BCUT2D eigenvalue weighted by Gasteiger charge is -2.41. The van der Waals surface area contributed by atoms with E-state index in [-0.39, 0.29) is 70.6 Å². The Hall–Kier alpha value is -2.86. The third kappa shape index (κ3) is 11.3. The van der Waals surface area contributed by atoms with Gasteiger partial charge in [-0.3, -0.25) is 19.2 Å². The summed E-state index contributed by atoms with van der Waals surface area (Å²) in [7, 11) is 0. The summed E-state index contributed by atoms with van der Waals surface area (Å²) in [6, 6.07) is -0.0883. The number of likely N-dealkylation sites (tertiary alicyclic amines) is 1.